The number of allylic oxidation sites excluding steroid dienone is 4. The number of ether oxygens (including phenoxy) is 2. The highest BCUT2D eigenvalue weighted by molar-refractivity contribution is 4.83. The summed E-state index contributed by atoms with van der Waals surface area (Å²) < 4.78 is 13.1. The smallest absolute Gasteiger partial charge is 0.168 e. The second-order valence-corrected chi connectivity index (χ2v) is 13.5. The fourth-order valence-electron chi connectivity index (χ4n) is 6.12. The van der Waals surface area contributed by atoms with E-state index in [0.717, 1.165) is 32.4 Å². The molecule has 1 heterocycles. The van der Waals surface area contributed by atoms with Crippen molar-refractivity contribution < 1.29 is 9.47 Å². The monoisotopic (exact) mass is 590 g/mol. The molecule has 1 fully saturated rings. The summed E-state index contributed by atoms with van der Waals surface area (Å²) in [5.41, 5.74) is 0. The van der Waals surface area contributed by atoms with Crippen molar-refractivity contribution >= 4 is 0 Å². The Morgan fingerprint density at radius 2 is 0.929 bits per heavy atom. The summed E-state index contributed by atoms with van der Waals surface area (Å²) in [7, 11) is 4.30. The zero-order valence-electron chi connectivity index (χ0n) is 29.2. The third kappa shape index (κ3) is 23.8. The van der Waals surface area contributed by atoms with E-state index in [1.807, 2.05) is 0 Å². The Labute approximate surface area is 264 Å². The molecular formula is C39H75NO2. The van der Waals surface area contributed by atoms with Crippen LogP contribution in [0.4, 0.5) is 0 Å². The van der Waals surface area contributed by atoms with Crippen molar-refractivity contribution in [3.8, 4) is 0 Å². The Bertz CT molecular complexity index is 576. The van der Waals surface area contributed by atoms with Crippen LogP contribution in [0.25, 0.3) is 0 Å². The third-order valence-corrected chi connectivity index (χ3v) is 8.95. The van der Waals surface area contributed by atoms with Crippen molar-refractivity contribution in [1.82, 2.24) is 4.90 Å². The predicted molar refractivity (Wildman–Crippen MR) is 186 cm³/mol. The van der Waals surface area contributed by atoms with Gasteiger partial charge in [0.25, 0.3) is 0 Å². The molecule has 248 valence electrons. The predicted octanol–water partition coefficient (Wildman–Crippen LogP) is 12.3. The number of nitrogens with zero attached hydrogens (tertiary/aromatic N) is 1. The van der Waals surface area contributed by atoms with Crippen molar-refractivity contribution in [2.75, 3.05) is 27.2 Å². The molecule has 1 saturated heterocycles. The number of unbranched alkanes of at least 4 members (excludes halogenated alkanes) is 20. The fourth-order valence-corrected chi connectivity index (χ4v) is 6.12. The molecule has 0 aromatic heterocycles. The molecule has 3 heteroatoms. The Hall–Kier alpha value is -0.640. The maximum Gasteiger partial charge on any atom is 0.168 e. The molecule has 0 unspecified atom stereocenters. The van der Waals surface area contributed by atoms with E-state index in [9.17, 15) is 0 Å². The van der Waals surface area contributed by atoms with Crippen LogP contribution in [-0.2, 0) is 9.47 Å². The van der Waals surface area contributed by atoms with Gasteiger partial charge in [-0.25, -0.2) is 0 Å². The van der Waals surface area contributed by atoms with E-state index >= 15 is 0 Å². The molecule has 0 amide bonds. The molecule has 0 aliphatic carbocycles. The van der Waals surface area contributed by atoms with E-state index in [1.54, 1.807) is 0 Å². The molecule has 0 radical (unpaired) electrons. The second kappa shape index (κ2) is 29.1. The first kappa shape index (κ1) is 39.4. The molecule has 1 aliphatic rings. The van der Waals surface area contributed by atoms with Crippen LogP contribution in [0.1, 0.15) is 187 Å². The minimum Gasteiger partial charge on any atom is -0.347 e. The summed E-state index contributed by atoms with van der Waals surface area (Å²) in [6, 6.07) is 0. The minimum absolute atomic E-state index is 0.270. The van der Waals surface area contributed by atoms with E-state index in [-0.39, 0.29) is 11.9 Å². The first-order chi connectivity index (χ1) is 20.6. The zero-order chi connectivity index (χ0) is 30.4. The number of hydrogen-bond acceptors (Lipinski definition) is 3. The van der Waals surface area contributed by atoms with Crippen LogP contribution in [-0.4, -0.2) is 44.0 Å². The lowest BCUT2D eigenvalue weighted by Gasteiger charge is -2.29. The van der Waals surface area contributed by atoms with Gasteiger partial charge in [0.1, 0.15) is 0 Å². The van der Waals surface area contributed by atoms with E-state index in [1.165, 1.54) is 154 Å². The maximum absolute atomic E-state index is 6.66. The Morgan fingerprint density at radius 1 is 0.548 bits per heavy atom. The molecule has 1 rings (SSSR count). The van der Waals surface area contributed by atoms with Crippen LogP contribution in [0, 0.1) is 0 Å². The van der Waals surface area contributed by atoms with E-state index in [2.05, 4.69) is 57.1 Å². The molecule has 1 atom stereocenters. The van der Waals surface area contributed by atoms with Crippen molar-refractivity contribution in [2.45, 2.75) is 199 Å². The average molecular weight is 590 g/mol. The molecular weight excluding hydrogens is 514 g/mol. The number of rotatable bonds is 31. The van der Waals surface area contributed by atoms with Crippen molar-refractivity contribution in [3.05, 3.63) is 24.3 Å². The van der Waals surface area contributed by atoms with Gasteiger partial charge in [-0.2, -0.15) is 0 Å². The van der Waals surface area contributed by atoms with Gasteiger partial charge in [-0.1, -0.05) is 128 Å². The third-order valence-electron chi connectivity index (χ3n) is 8.95. The second-order valence-electron chi connectivity index (χ2n) is 13.5. The summed E-state index contributed by atoms with van der Waals surface area (Å²) in [5.74, 6) is -0.305. The fraction of sp³-hybridized carbons (Fsp3) is 0.897. The SMILES string of the molecule is CCCCCC/C=C\CCCCCCCCC1(CCCCCCCC/C=C\CCCCCC)OC[C@H](CCN(C)C)O1. The van der Waals surface area contributed by atoms with Crippen LogP contribution >= 0.6 is 0 Å². The molecule has 0 aromatic carbocycles. The molecule has 0 saturated carbocycles. The Kier molecular flexibility index (Phi) is 27.3. The molecule has 0 bridgehead atoms. The van der Waals surface area contributed by atoms with Gasteiger partial charge in [-0.3, -0.25) is 0 Å². The van der Waals surface area contributed by atoms with Gasteiger partial charge >= 0.3 is 0 Å². The Balaban J connectivity index is 2.17. The maximum atomic E-state index is 6.66. The molecule has 0 aromatic rings. The van der Waals surface area contributed by atoms with Gasteiger partial charge in [0.2, 0.25) is 0 Å². The molecule has 42 heavy (non-hydrogen) atoms. The van der Waals surface area contributed by atoms with Crippen molar-refractivity contribution in [2.24, 2.45) is 0 Å². The summed E-state index contributed by atoms with van der Waals surface area (Å²) >= 11 is 0. The number of hydrogen-bond donors (Lipinski definition) is 0. The van der Waals surface area contributed by atoms with Crippen LogP contribution in [0.15, 0.2) is 24.3 Å². The standard InChI is InChI=1S/C39H75NO2/c1-5-7-9-11-13-15-17-19-21-23-25-27-29-31-34-39(41-37-38(42-39)33-36-40(3)4)35-32-30-28-26-24-22-20-18-16-14-12-10-8-6-2/h15-18,38H,5-14,19-37H2,1-4H3/b17-15-,18-16-/t38-/m0/s1. The van der Waals surface area contributed by atoms with Crippen LogP contribution in [0.2, 0.25) is 0 Å². The van der Waals surface area contributed by atoms with E-state index in [0.29, 0.717) is 0 Å². The molecule has 1 aliphatic heterocycles. The summed E-state index contributed by atoms with van der Waals surface area (Å²) in [4.78, 5) is 2.26. The lowest BCUT2D eigenvalue weighted by molar-refractivity contribution is -0.180. The van der Waals surface area contributed by atoms with Crippen molar-refractivity contribution in [1.29, 1.82) is 0 Å². The van der Waals surface area contributed by atoms with Gasteiger partial charge < -0.3 is 14.4 Å². The van der Waals surface area contributed by atoms with Gasteiger partial charge in [0.05, 0.1) is 12.7 Å². The molecule has 0 N–H and O–H groups in total. The van der Waals surface area contributed by atoms with E-state index < -0.39 is 0 Å². The van der Waals surface area contributed by atoms with Gasteiger partial charge in [0.15, 0.2) is 5.79 Å². The highest BCUT2D eigenvalue weighted by Crippen LogP contribution is 2.35. The van der Waals surface area contributed by atoms with Crippen LogP contribution in [0.5, 0.6) is 0 Å². The largest absolute Gasteiger partial charge is 0.347 e. The highest BCUT2D eigenvalue weighted by Gasteiger charge is 2.40. The summed E-state index contributed by atoms with van der Waals surface area (Å²) in [6.07, 6.45) is 45.3. The van der Waals surface area contributed by atoms with Crippen LogP contribution in [0.3, 0.4) is 0 Å². The highest BCUT2D eigenvalue weighted by atomic mass is 16.7. The van der Waals surface area contributed by atoms with Gasteiger partial charge in [-0.05, 0) is 84.7 Å². The lowest BCUT2D eigenvalue weighted by Crippen LogP contribution is -2.31. The first-order valence-corrected chi connectivity index (χ1v) is 18.9. The van der Waals surface area contributed by atoms with Crippen molar-refractivity contribution in [3.63, 3.8) is 0 Å². The van der Waals surface area contributed by atoms with E-state index in [4.69, 9.17) is 9.47 Å². The zero-order valence-corrected chi connectivity index (χ0v) is 29.2. The minimum atomic E-state index is -0.305. The summed E-state index contributed by atoms with van der Waals surface area (Å²) in [5, 5.41) is 0. The molecule has 3 nitrogen and oxygen atoms in total. The van der Waals surface area contributed by atoms with Gasteiger partial charge in [-0.15, -0.1) is 0 Å². The lowest BCUT2D eigenvalue weighted by atomic mass is 9.98. The topological polar surface area (TPSA) is 21.7 Å². The molecule has 0 spiro atoms. The normalized spacial score (nSPS) is 17.0. The van der Waals surface area contributed by atoms with Gasteiger partial charge in [0, 0.05) is 19.4 Å². The average Bonchev–Trinajstić information content (AvgIpc) is 3.39. The quantitative estimate of drug-likeness (QED) is 0.0593. The first-order valence-electron chi connectivity index (χ1n) is 18.9. The summed E-state index contributed by atoms with van der Waals surface area (Å²) in [6.45, 7) is 6.43. The Morgan fingerprint density at radius 3 is 1.33 bits per heavy atom. The van der Waals surface area contributed by atoms with Crippen LogP contribution < -0.4 is 0 Å².